The quantitative estimate of drug-likeness (QED) is 0.417. The molecule has 1 aromatic carbocycles. The predicted octanol–water partition coefficient (Wildman–Crippen LogP) is 1.42. The van der Waals surface area contributed by atoms with Gasteiger partial charge in [-0.15, -0.1) is 0 Å². The standard InChI is InChI=1S/C13H17N3O/c14-12(15)10-5-3-4-9(8-10)11(17)13(16)6-1-2-7-13/h3-5,8H,1-2,6-7,16H2,(H3,14,15). The van der Waals surface area contributed by atoms with Gasteiger partial charge in [-0.3, -0.25) is 10.2 Å². The molecule has 2 rings (SSSR count). The Hall–Kier alpha value is -1.68. The lowest BCUT2D eigenvalue weighted by molar-refractivity contribution is 0.0892. The van der Waals surface area contributed by atoms with E-state index in [4.69, 9.17) is 16.9 Å². The second kappa shape index (κ2) is 4.30. The Kier molecular flexibility index (Phi) is 2.98. The number of nitrogen functional groups attached to an aromatic ring is 1. The van der Waals surface area contributed by atoms with Gasteiger partial charge in [-0.25, -0.2) is 0 Å². The van der Waals surface area contributed by atoms with E-state index >= 15 is 0 Å². The average Bonchev–Trinajstić information content (AvgIpc) is 2.76. The van der Waals surface area contributed by atoms with Gasteiger partial charge < -0.3 is 11.5 Å². The summed E-state index contributed by atoms with van der Waals surface area (Å²) in [7, 11) is 0. The van der Waals surface area contributed by atoms with Crippen molar-refractivity contribution in [3.05, 3.63) is 35.4 Å². The summed E-state index contributed by atoms with van der Waals surface area (Å²) in [6.07, 6.45) is 3.51. The van der Waals surface area contributed by atoms with E-state index in [-0.39, 0.29) is 11.6 Å². The second-order valence-corrected chi connectivity index (χ2v) is 4.69. The number of ketones is 1. The van der Waals surface area contributed by atoms with Crippen molar-refractivity contribution in [3.63, 3.8) is 0 Å². The van der Waals surface area contributed by atoms with Crippen LogP contribution in [0.15, 0.2) is 24.3 Å². The molecule has 0 aromatic heterocycles. The molecule has 1 saturated carbocycles. The van der Waals surface area contributed by atoms with Crippen LogP contribution in [0.2, 0.25) is 0 Å². The summed E-state index contributed by atoms with van der Waals surface area (Å²) >= 11 is 0. The molecule has 0 heterocycles. The molecule has 0 radical (unpaired) electrons. The molecule has 0 unspecified atom stereocenters. The fraction of sp³-hybridized carbons (Fsp3) is 0.385. The van der Waals surface area contributed by atoms with E-state index in [0.717, 1.165) is 25.7 Å². The molecule has 5 N–H and O–H groups in total. The fourth-order valence-corrected chi connectivity index (χ4v) is 2.35. The molecule has 1 fully saturated rings. The van der Waals surface area contributed by atoms with E-state index in [0.29, 0.717) is 11.1 Å². The predicted molar refractivity (Wildman–Crippen MR) is 67.2 cm³/mol. The molecule has 1 aliphatic carbocycles. The third-order valence-electron chi connectivity index (χ3n) is 3.38. The second-order valence-electron chi connectivity index (χ2n) is 4.69. The van der Waals surface area contributed by atoms with Crippen molar-refractivity contribution >= 4 is 11.6 Å². The highest BCUT2D eigenvalue weighted by Crippen LogP contribution is 2.30. The average molecular weight is 231 g/mol. The number of benzene rings is 1. The van der Waals surface area contributed by atoms with Crippen LogP contribution in [0.3, 0.4) is 0 Å². The third-order valence-corrected chi connectivity index (χ3v) is 3.38. The number of rotatable bonds is 3. The molecular formula is C13H17N3O. The summed E-state index contributed by atoms with van der Waals surface area (Å²) in [6.45, 7) is 0. The zero-order valence-electron chi connectivity index (χ0n) is 9.70. The fourth-order valence-electron chi connectivity index (χ4n) is 2.35. The first-order chi connectivity index (χ1) is 8.03. The van der Waals surface area contributed by atoms with Gasteiger partial charge in [0.25, 0.3) is 0 Å². The van der Waals surface area contributed by atoms with Crippen LogP contribution in [0.5, 0.6) is 0 Å². The van der Waals surface area contributed by atoms with E-state index in [1.165, 1.54) is 0 Å². The highest BCUT2D eigenvalue weighted by atomic mass is 16.1. The van der Waals surface area contributed by atoms with Gasteiger partial charge in [0.1, 0.15) is 5.84 Å². The highest BCUT2D eigenvalue weighted by molar-refractivity contribution is 6.05. The molecule has 17 heavy (non-hydrogen) atoms. The number of Topliss-reactive ketones (excluding diaryl/α,β-unsaturated/α-hetero) is 1. The van der Waals surface area contributed by atoms with Crippen LogP contribution in [0.25, 0.3) is 0 Å². The number of nitrogens with two attached hydrogens (primary N) is 2. The summed E-state index contributed by atoms with van der Waals surface area (Å²) < 4.78 is 0. The zero-order valence-corrected chi connectivity index (χ0v) is 9.70. The van der Waals surface area contributed by atoms with Gasteiger partial charge in [-0.2, -0.15) is 0 Å². The van der Waals surface area contributed by atoms with E-state index in [2.05, 4.69) is 0 Å². The minimum absolute atomic E-state index is 0.0295. The number of amidine groups is 1. The first kappa shape index (κ1) is 11.8. The van der Waals surface area contributed by atoms with Gasteiger partial charge in [0.05, 0.1) is 5.54 Å². The van der Waals surface area contributed by atoms with Crippen LogP contribution in [0, 0.1) is 5.41 Å². The number of nitrogens with one attached hydrogen (secondary N) is 1. The Morgan fingerprint density at radius 1 is 1.24 bits per heavy atom. The summed E-state index contributed by atoms with van der Waals surface area (Å²) in [4.78, 5) is 12.3. The SMILES string of the molecule is N=C(N)c1cccc(C(=O)C2(N)CCCC2)c1. The van der Waals surface area contributed by atoms with E-state index < -0.39 is 5.54 Å². The van der Waals surface area contributed by atoms with Gasteiger partial charge >= 0.3 is 0 Å². The highest BCUT2D eigenvalue weighted by Gasteiger charge is 2.37. The molecule has 4 heteroatoms. The lowest BCUT2D eigenvalue weighted by Crippen LogP contribution is -2.45. The number of hydrogen-bond donors (Lipinski definition) is 3. The first-order valence-corrected chi connectivity index (χ1v) is 5.81. The van der Waals surface area contributed by atoms with E-state index in [1.807, 2.05) is 0 Å². The van der Waals surface area contributed by atoms with E-state index in [9.17, 15) is 4.79 Å². The van der Waals surface area contributed by atoms with Crippen LogP contribution in [-0.2, 0) is 0 Å². The molecule has 1 aromatic rings. The Morgan fingerprint density at radius 2 is 1.82 bits per heavy atom. The summed E-state index contributed by atoms with van der Waals surface area (Å²) in [5, 5.41) is 7.37. The van der Waals surface area contributed by atoms with Gasteiger partial charge in [-0.05, 0) is 18.9 Å². The van der Waals surface area contributed by atoms with Crippen LogP contribution >= 0.6 is 0 Å². The smallest absolute Gasteiger partial charge is 0.182 e. The summed E-state index contributed by atoms with van der Waals surface area (Å²) in [6, 6.07) is 6.85. The lowest BCUT2D eigenvalue weighted by Gasteiger charge is -2.21. The zero-order chi connectivity index (χ0) is 12.5. The lowest BCUT2D eigenvalue weighted by atomic mass is 9.88. The molecule has 0 bridgehead atoms. The number of carbonyl (C=O) groups is 1. The maximum absolute atomic E-state index is 12.3. The van der Waals surface area contributed by atoms with E-state index in [1.54, 1.807) is 24.3 Å². The Morgan fingerprint density at radius 3 is 2.41 bits per heavy atom. The normalized spacial score (nSPS) is 17.9. The van der Waals surface area contributed by atoms with Gasteiger partial charge in [-0.1, -0.05) is 31.0 Å². The Balaban J connectivity index is 2.31. The minimum atomic E-state index is -0.713. The molecule has 1 aliphatic rings. The summed E-state index contributed by atoms with van der Waals surface area (Å²) in [5.41, 5.74) is 11.9. The van der Waals surface area contributed by atoms with Crippen molar-refractivity contribution in [2.75, 3.05) is 0 Å². The largest absolute Gasteiger partial charge is 0.384 e. The van der Waals surface area contributed by atoms with Crippen molar-refractivity contribution < 1.29 is 4.79 Å². The topological polar surface area (TPSA) is 93.0 Å². The molecule has 0 aliphatic heterocycles. The Labute approximate surface area is 101 Å². The molecule has 0 saturated heterocycles. The molecule has 90 valence electrons. The third kappa shape index (κ3) is 2.22. The summed E-state index contributed by atoms with van der Waals surface area (Å²) in [5.74, 6) is -0.0600. The molecule has 4 nitrogen and oxygen atoms in total. The van der Waals surface area contributed by atoms with Crippen LogP contribution in [0.4, 0.5) is 0 Å². The van der Waals surface area contributed by atoms with Gasteiger partial charge in [0.15, 0.2) is 5.78 Å². The molecular weight excluding hydrogens is 214 g/mol. The molecule has 0 amide bonds. The van der Waals surface area contributed by atoms with Gasteiger partial charge in [0, 0.05) is 11.1 Å². The minimum Gasteiger partial charge on any atom is -0.384 e. The number of hydrogen-bond acceptors (Lipinski definition) is 3. The van der Waals surface area contributed by atoms with Crippen LogP contribution in [0.1, 0.15) is 41.6 Å². The van der Waals surface area contributed by atoms with Crippen molar-refractivity contribution in [1.29, 1.82) is 5.41 Å². The maximum atomic E-state index is 12.3. The monoisotopic (exact) mass is 231 g/mol. The van der Waals surface area contributed by atoms with Crippen molar-refractivity contribution in [3.8, 4) is 0 Å². The van der Waals surface area contributed by atoms with Crippen molar-refractivity contribution in [1.82, 2.24) is 0 Å². The van der Waals surface area contributed by atoms with Crippen LogP contribution in [-0.4, -0.2) is 17.2 Å². The maximum Gasteiger partial charge on any atom is 0.182 e. The van der Waals surface area contributed by atoms with Gasteiger partial charge in [0.2, 0.25) is 0 Å². The van der Waals surface area contributed by atoms with Crippen LogP contribution < -0.4 is 11.5 Å². The van der Waals surface area contributed by atoms with Crippen molar-refractivity contribution in [2.24, 2.45) is 11.5 Å². The molecule has 0 spiro atoms. The molecule has 0 atom stereocenters. The number of carbonyl (C=O) groups excluding carboxylic acids is 1. The first-order valence-electron chi connectivity index (χ1n) is 5.81. The van der Waals surface area contributed by atoms with Crippen molar-refractivity contribution in [2.45, 2.75) is 31.2 Å². The Bertz CT molecular complexity index is 461.